The summed E-state index contributed by atoms with van der Waals surface area (Å²) >= 11 is 4.25. The second kappa shape index (κ2) is 7.21. The number of para-hydroxylation sites is 1. The third-order valence-corrected chi connectivity index (χ3v) is 3.86. The average molecular weight is 376 g/mol. The summed E-state index contributed by atoms with van der Waals surface area (Å²) < 4.78 is 44.7. The van der Waals surface area contributed by atoms with E-state index in [1.165, 1.54) is 12.1 Å². The summed E-state index contributed by atoms with van der Waals surface area (Å²) in [7, 11) is 0. The van der Waals surface area contributed by atoms with E-state index in [1.54, 1.807) is 36.4 Å². The number of nitrogen functional groups attached to an aromatic ring is 1. The maximum Gasteiger partial charge on any atom is 0.418 e. The van der Waals surface area contributed by atoms with Gasteiger partial charge in [0, 0.05) is 16.6 Å². The Bertz CT molecular complexity index is 929. The molecular formula is C19H15F3N2OS. The molecule has 3 aromatic carbocycles. The van der Waals surface area contributed by atoms with E-state index in [0.29, 0.717) is 17.2 Å². The van der Waals surface area contributed by atoms with Crippen LogP contribution in [-0.2, 0) is 6.18 Å². The molecule has 0 saturated carbocycles. The van der Waals surface area contributed by atoms with Crippen LogP contribution in [0.5, 0.6) is 11.5 Å². The van der Waals surface area contributed by atoms with Crippen molar-refractivity contribution < 1.29 is 17.9 Å². The SMILES string of the molecule is Nc1c(Nc2cccc(Oc3cccc(S)c3)c2)cccc1C(F)(F)F. The first-order valence-electron chi connectivity index (χ1n) is 7.62. The molecule has 3 nitrogen and oxygen atoms in total. The Kier molecular flexibility index (Phi) is 4.99. The van der Waals surface area contributed by atoms with Crippen molar-refractivity contribution in [2.75, 3.05) is 11.1 Å². The van der Waals surface area contributed by atoms with Gasteiger partial charge < -0.3 is 15.8 Å². The smallest absolute Gasteiger partial charge is 0.418 e. The summed E-state index contributed by atoms with van der Waals surface area (Å²) in [6.45, 7) is 0. The van der Waals surface area contributed by atoms with Gasteiger partial charge in [0.05, 0.1) is 16.9 Å². The summed E-state index contributed by atoms with van der Waals surface area (Å²) in [6.07, 6.45) is -4.51. The van der Waals surface area contributed by atoms with Crippen LogP contribution >= 0.6 is 12.6 Å². The highest BCUT2D eigenvalue weighted by atomic mass is 32.1. The lowest BCUT2D eigenvalue weighted by Crippen LogP contribution is -2.10. The monoisotopic (exact) mass is 376 g/mol. The van der Waals surface area contributed by atoms with E-state index < -0.39 is 11.7 Å². The quantitative estimate of drug-likeness (QED) is 0.380. The molecule has 0 atom stereocenters. The summed E-state index contributed by atoms with van der Waals surface area (Å²) in [4.78, 5) is 0.758. The number of thiol groups is 1. The molecule has 134 valence electrons. The fourth-order valence-electron chi connectivity index (χ4n) is 2.40. The highest BCUT2D eigenvalue weighted by Gasteiger charge is 2.33. The Balaban J connectivity index is 1.84. The van der Waals surface area contributed by atoms with E-state index in [9.17, 15) is 13.2 Å². The molecule has 0 unspecified atom stereocenters. The minimum absolute atomic E-state index is 0.175. The molecule has 3 aromatic rings. The van der Waals surface area contributed by atoms with Crippen LogP contribution in [0.25, 0.3) is 0 Å². The molecule has 0 amide bonds. The minimum Gasteiger partial charge on any atom is -0.457 e. The molecule has 7 heteroatoms. The third-order valence-electron chi connectivity index (χ3n) is 3.58. The molecular weight excluding hydrogens is 361 g/mol. The van der Waals surface area contributed by atoms with Crippen molar-refractivity contribution in [1.29, 1.82) is 0 Å². The standard InChI is InChI=1S/C19H15F3N2OS/c20-19(21,22)16-8-3-9-17(18(16)23)24-12-4-1-5-13(10-12)25-14-6-2-7-15(26)11-14/h1-11,24,26H,23H2. The van der Waals surface area contributed by atoms with Gasteiger partial charge in [-0.1, -0.05) is 18.2 Å². The zero-order chi connectivity index (χ0) is 18.7. The van der Waals surface area contributed by atoms with Crippen molar-refractivity contribution in [2.24, 2.45) is 0 Å². The van der Waals surface area contributed by atoms with Crippen molar-refractivity contribution in [3.63, 3.8) is 0 Å². The summed E-state index contributed by atoms with van der Waals surface area (Å²) in [6, 6.07) is 17.8. The molecule has 0 fully saturated rings. The number of anilines is 3. The number of hydrogen-bond acceptors (Lipinski definition) is 4. The Labute approximate surface area is 154 Å². The molecule has 0 aromatic heterocycles. The Morgan fingerprint density at radius 1 is 0.885 bits per heavy atom. The van der Waals surface area contributed by atoms with Gasteiger partial charge in [-0.25, -0.2) is 0 Å². The predicted molar refractivity (Wildman–Crippen MR) is 99.3 cm³/mol. The Morgan fingerprint density at radius 2 is 1.54 bits per heavy atom. The van der Waals surface area contributed by atoms with E-state index in [2.05, 4.69) is 17.9 Å². The van der Waals surface area contributed by atoms with E-state index >= 15 is 0 Å². The number of halogens is 3. The lowest BCUT2D eigenvalue weighted by Gasteiger charge is -2.15. The van der Waals surface area contributed by atoms with Gasteiger partial charge in [-0.05, 0) is 42.5 Å². The zero-order valence-electron chi connectivity index (χ0n) is 13.4. The molecule has 0 radical (unpaired) electrons. The molecule has 3 rings (SSSR count). The van der Waals surface area contributed by atoms with Crippen LogP contribution in [0.1, 0.15) is 5.56 Å². The Morgan fingerprint density at radius 3 is 2.23 bits per heavy atom. The number of benzene rings is 3. The van der Waals surface area contributed by atoms with Crippen molar-refractivity contribution in [3.05, 3.63) is 72.3 Å². The van der Waals surface area contributed by atoms with Gasteiger partial charge in [-0.3, -0.25) is 0 Å². The number of nitrogens with two attached hydrogens (primary N) is 1. The fourth-order valence-corrected chi connectivity index (χ4v) is 2.61. The average Bonchev–Trinajstić information content (AvgIpc) is 2.56. The van der Waals surface area contributed by atoms with Gasteiger partial charge in [0.15, 0.2) is 0 Å². The van der Waals surface area contributed by atoms with E-state index in [1.807, 2.05) is 12.1 Å². The Hall–Kier alpha value is -2.80. The number of hydrogen-bond donors (Lipinski definition) is 3. The number of nitrogens with one attached hydrogen (secondary N) is 1. The first-order chi connectivity index (χ1) is 12.3. The van der Waals surface area contributed by atoms with Gasteiger partial charge >= 0.3 is 6.18 Å². The predicted octanol–water partition coefficient (Wildman–Crippen LogP) is 6.11. The molecule has 26 heavy (non-hydrogen) atoms. The molecule has 0 aliphatic heterocycles. The molecule has 0 aliphatic rings. The number of ether oxygens (including phenoxy) is 1. The normalized spacial score (nSPS) is 11.2. The molecule has 0 spiro atoms. The number of rotatable bonds is 4. The van der Waals surface area contributed by atoms with Gasteiger partial charge in [0.1, 0.15) is 11.5 Å². The van der Waals surface area contributed by atoms with E-state index in [4.69, 9.17) is 10.5 Å². The first-order valence-corrected chi connectivity index (χ1v) is 8.07. The van der Waals surface area contributed by atoms with Crippen LogP contribution < -0.4 is 15.8 Å². The lowest BCUT2D eigenvalue weighted by molar-refractivity contribution is -0.136. The van der Waals surface area contributed by atoms with Crippen LogP contribution in [0, 0.1) is 0 Å². The van der Waals surface area contributed by atoms with Crippen molar-refractivity contribution >= 4 is 29.7 Å². The van der Waals surface area contributed by atoms with Gasteiger partial charge in [-0.2, -0.15) is 13.2 Å². The van der Waals surface area contributed by atoms with Crippen LogP contribution in [0.15, 0.2) is 71.6 Å². The second-order valence-corrected chi connectivity index (χ2v) is 6.03. The molecule has 0 saturated heterocycles. The lowest BCUT2D eigenvalue weighted by atomic mass is 10.1. The number of alkyl halides is 3. The molecule has 0 bridgehead atoms. The highest BCUT2D eigenvalue weighted by Crippen LogP contribution is 2.38. The van der Waals surface area contributed by atoms with E-state index in [0.717, 1.165) is 11.0 Å². The molecule has 3 N–H and O–H groups in total. The van der Waals surface area contributed by atoms with Crippen LogP contribution in [0.2, 0.25) is 0 Å². The summed E-state index contributed by atoms with van der Waals surface area (Å²) in [5.74, 6) is 1.13. The maximum atomic E-state index is 13.0. The van der Waals surface area contributed by atoms with E-state index in [-0.39, 0.29) is 11.4 Å². The summed E-state index contributed by atoms with van der Waals surface area (Å²) in [5, 5.41) is 2.90. The van der Waals surface area contributed by atoms with Gasteiger partial charge in [-0.15, -0.1) is 12.6 Å². The second-order valence-electron chi connectivity index (χ2n) is 5.52. The largest absolute Gasteiger partial charge is 0.457 e. The topological polar surface area (TPSA) is 47.3 Å². The van der Waals surface area contributed by atoms with Crippen LogP contribution in [0.4, 0.5) is 30.2 Å². The highest BCUT2D eigenvalue weighted by molar-refractivity contribution is 7.80. The molecule has 0 aliphatic carbocycles. The fraction of sp³-hybridized carbons (Fsp3) is 0.0526. The van der Waals surface area contributed by atoms with Crippen molar-refractivity contribution in [1.82, 2.24) is 0 Å². The summed E-state index contributed by atoms with van der Waals surface area (Å²) in [5.41, 5.74) is 5.17. The van der Waals surface area contributed by atoms with Crippen molar-refractivity contribution in [3.8, 4) is 11.5 Å². The van der Waals surface area contributed by atoms with Gasteiger partial charge in [0.2, 0.25) is 0 Å². The van der Waals surface area contributed by atoms with Crippen LogP contribution in [0.3, 0.4) is 0 Å². The zero-order valence-corrected chi connectivity index (χ0v) is 14.3. The van der Waals surface area contributed by atoms with Crippen LogP contribution in [-0.4, -0.2) is 0 Å². The van der Waals surface area contributed by atoms with Crippen molar-refractivity contribution in [2.45, 2.75) is 11.1 Å². The third kappa shape index (κ3) is 4.23. The van der Waals surface area contributed by atoms with Gasteiger partial charge in [0.25, 0.3) is 0 Å². The minimum atomic E-state index is -4.51. The first kappa shape index (κ1) is 18.0. The maximum absolute atomic E-state index is 13.0. The molecule has 0 heterocycles.